The lowest BCUT2D eigenvalue weighted by atomic mass is 10.1. The standard InChI is InChI=1S/C22H22N6O4S/c1-13-4-6-14(7-5-13)11-18-21(31)28(22(32)33-18)10-2-3-19(30)23-15-8-9-16(17(29)12-15)20-24-26-27-25-20/h4-9,12,18,29H,2-3,10-11H2,1H3,(H,23,30)(H,24,25,26,27). The molecule has 1 aromatic heterocycles. The van der Waals surface area contributed by atoms with Gasteiger partial charge in [0.05, 0.1) is 10.8 Å². The first-order chi connectivity index (χ1) is 15.9. The van der Waals surface area contributed by atoms with Crippen molar-refractivity contribution in [3.63, 3.8) is 0 Å². The number of aryl methyl sites for hydroxylation is 1. The van der Waals surface area contributed by atoms with Crippen LogP contribution in [0.3, 0.4) is 0 Å². The number of aromatic nitrogens is 4. The van der Waals surface area contributed by atoms with Gasteiger partial charge < -0.3 is 10.4 Å². The molecule has 1 saturated heterocycles. The molecule has 2 aromatic carbocycles. The third-order valence-corrected chi connectivity index (χ3v) is 6.29. The van der Waals surface area contributed by atoms with E-state index in [2.05, 4.69) is 25.9 Å². The number of carbonyl (C=O) groups is 3. The van der Waals surface area contributed by atoms with Crippen LogP contribution in [-0.2, 0) is 16.0 Å². The van der Waals surface area contributed by atoms with E-state index in [4.69, 9.17) is 0 Å². The molecule has 3 aromatic rings. The number of H-pyrrole nitrogens is 1. The number of thioether (sulfide) groups is 1. The van der Waals surface area contributed by atoms with Crippen LogP contribution in [0, 0.1) is 6.92 Å². The van der Waals surface area contributed by atoms with Gasteiger partial charge in [-0.25, -0.2) is 5.10 Å². The van der Waals surface area contributed by atoms with Gasteiger partial charge >= 0.3 is 0 Å². The second-order valence-corrected chi connectivity index (χ2v) is 8.84. The Morgan fingerprint density at radius 3 is 2.70 bits per heavy atom. The van der Waals surface area contributed by atoms with Crippen LogP contribution in [0.15, 0.2) is 42.5 Å². The van der Waals surface area contributed by atoms with E-state index in [1.54, 1.807) is 12.1 Å². The van der Waals surface area contributed by atoms with Crippen molar-refractivity contribution in [2.45, 2.75) is 31.4 Å². The monoisotopic (exact) mass is 466 g/mol. The largest absolute Gasteiger partial charge is 0.507 e. The molecule has 0 radical (unpaired) electrons. The molecule has 0 saturated carbocycles. The molecule has 10 nitrogen and oxygen atoms in total. The summed E-state index contributed by atoms with van der Waals surface area (Å²) in [6, 6.07) is 12.5. The van der Waals surface area contributed by atoms with E-state index in [-0.39, 0.29) is 35.8 Å². The van der Waals surface area contributed by atoms with Crippen molar-refractivity contribution in [3.05, 3.63) is 53.6 Å². The van der Waals surface area contributed by atoms with Gasteiger partial charge in [0.1, 0.15) is 5.75 Å². The lowest BCUT2D eigenvalue weighted by Gasteiger charge is -2.14. The van der Waals surface area contributed by atoms with Gasteiger partial charge in [-0.1, -0.05) is 41.6 Å². The molecule has 0 bridgehead atoms. The number of rotatable bonds is 8. The van der Waals surface area contributed by atoms with Gasteiger partial charge in [-0.05, 0) is 47.9 Å². The fourth-order valence-electron chi connectivity index (χ4n) is 3.47. The molecule has 2 heterocycles. The van der Waals surface area contributed by atoms with Gasteiger partial charge in [-0.2, -0.15) is 0 Å². The molecule has 0 aliphatic carbocycles. The number of hydrogen-bond acceptors (Lipinski definition) is 8. The maximum atomic E-state index is 12.7. The SMILES string of the molecule is Cc1ccc(CC2SC(=O)N(CCCC(=O)Nc3ccc(-c4nnn[nH]4)c(O)c3)C2=O)cc1. The first kappa shape index (κ1) is 22.5. The van der Waals surface area contributed by atoms with Gasteiger partial charge in [-0.15, -0.1) is 5.10 Å². The summed E-state index contributed by atoms with van der Waals surface area (Å²) in [5.74, 6) is -0.278. The highest BCUT2D eigenvalue weighted by Crippen LogP contribution is 2.30. The Labute approximate surface area is 193 Å². The summed E-state index contributed by atoms with van der Waals surface area (Å²) in [6.45, 7) is 2.18. The smallest absolute Gasteiger partial charge is 0.289 e. The number of aromatic amines is 1. The minimum atomic E-state index is -0.435. The van der Waals surface area contributed by atoms with E-state index in [0.29, 0.717) is 29.9 Å². The quantitative estimate of drug-likeness (QED) is 0.460. The molecular weight excluding hydrogens is 444 g/mol. The molecule has 33 heavy (non-hydrogen) atoms. The summed E-state index contributed by atoms with van der Waals surface area (Å²) in [5.41, 5.74) is 2.96. The predicted octanol–water partition coefficient (Wildman–Crippen LogP) is 2.91. The summed E-state index contributed by atoms with van der Waals surface area (Å²) in [6.07, 6.45) is 0.962. The Bertz CT molecular complexity index is 1170. The number of phenols is 1. The van der Waals surface area contributed by atoms with Gasteiger partial charge in [0.2, 0.25) is 11.8 Å². The Hall–Kier alpha value is -3.73. The van der Waals surface area contributed by atoms with Crippen molar-refractivity contribution in [2.75, 3.05) is 11.9 Å². The van der Waals surface area contributed by atoms with Crippen molar-refractivity contribution < 1.29 is 19.5 Å². The summed E-state index contributed by atoms with van der Waals surface area (Å²) >= 11 is 1.04. The highest BCUT2D eigenvalue weighted by Gasteiger charge is 2.39. The number of aromatic hydroxyl groups is 1. The topological polar surface area (TPSA) is 141 Å². The Kier molecular flexibility index (Phi) is 6.68. The number of hydrogen-bond donors (Lipinski definition) is 3. The molecule has 1 aliphatic rings. The van der Waals surface area contributed by atoms with E-state index >= 15 is 0 Å². The molecule has 4 rings (SSSR count). The number of imide groups is 1. The van der Waals surface area contributed by atoms with E-state index in [9.17, 15) is 19.5 Å². The number of nitrogens with zero attached hydrogens (tertiary/aromatic N) is 4. The Balaban J connectivity index is 1.26. The number of amides is 3. The zero-order chi connectivity index (χ0) is 23.4. The van der Waals surface area contributed by atoms with Crippen molar-refractivity contribution >= 4 is 34.5 Å². The fourth-order valence-corrected chi connectivity index (χ4v) is 4.53. The maximum Gasteiger partial charge on any atom is 0.289 e. The highest BCUT2D eigenvalue weighted by molar-refractivity contribution is 8.15. The first-order valence-corrected chi connectivity index (χ1v) is 11.2. The Morgan fingerprint density at radius 1 is 1.21 bits per heavy atom. The van der Waals surface area contributed by atoms with Crippen LogP contribution < -0.4 is 5.32 Å². The van der Waals surface area contributed by atoms with Crippen molar-refractivity contribution in [1.82, 2.24) is 25.5 Å². The molecule has 0 spiro atoms. The van der Waals surface area contributed by atoms with E-state index in [1.807, 2.05) is 31.2 Å². The molecule has 3 N–H and O–H groups in total. The number of anilines is 1. The van der Waals surface area contributed by atoms with E-state index < -0.39 is 5.25 Å². The Morgan fingerprint density at radius 2 is 2.00 bits per heavy atom. The van der Waals surface area contributed by atoms with E-state index in [1.165, 1.54) is 11.0 Å². The molecule has 1 fully saturated rings. The van der Waals surface area contributed by atoms with Gasteiger partial charge in [0.15, 0.2) is 5.82 Å². The van der Waals surface area contributed by atoms with E-state index in [0.717, 1.165) is 22.9 Å². The molecule has 11 heteroatoms. The summed E-state index contributed by atoms with van der Waals surface area (Å²) < 4.78 is 0. The number of benzene rings is 2. The molecule has 1 atom stereocenters. The van der Waals surface area contributed by atoms with Gasteiger partial charge in [0.25, 0.3) is 5.24 Å². The maximum absolute atomic E-state index is 12.7. The summed E-state index contributed by atoms with van der Waals surface area (Å²) in [4.78, 5) is 38.5. The zero-order valence-electron chi connectivity index (χ0n) is 17.8. The van der Waals surface area contributed by atoms with Gasteiger partial charge in [-0.3, -0.25) is 19.3 Å². The second-order valence-electron chi connectivity index (χ2n) is 7.69. The number of phenolic OH excluding ortho intramolecular Hbond substituents is 1. The highest BCUT2D eigenvalue weighted by atomic mass is 32.2. The first-order valence-electron chi connectivity index (χ1n) is 10.3. The van der Waals surface area contributed by atoms with Crippen LogP contribution >= 0.6 is 11.8 Å². The van der Waals surface area contributed by atoms with Crippen molar-refractivity contribution in [2.24, 2.45) is 0 Å². The minimum absolute atomic E-state index is 0.0868. The van der Waals surface area contributed by atoms with Crippen molar-refractivity contribution in [1.29, 1.82) is 0 Å². The second kappa shape index (κ2) is 9.82. The van der Waals surface area contributed by atoms with Crippen LogP contribution in [0.2, 0.25) is 0 Å². The average Bonchev–Trinajstić information content (AvgIpc) is 3.40. The van der Waals surface area contributed by atoms with Crippen LogP contribution in [0.4, 0.5) is 10.5 Å². The predicted molar refractivity (Wildman–Crippen MR) is 123 cm³/mol. The number of carbonyl (C=O) groups excluding carboxylic acids is 3. The molecular formula is C22H22N6O4S. The number of tetrazole rings is 1. The van der Waals surface area contributed by atoms with Crippen molar-refractivity contribution in [3.8, 4) is 17.1 Å². The average molecular weight is 467 g/mol. The number of nitrogens with one attached hydrogen (secondary N) is 2. The third-order valence-electron chi connectivity index (χ3n) is 5.21. The summed E-state index contributed by atoms with van der Waals surface area (Å²) in [7, 11) is 0. The fraction of sp³-hybridized carbons (Fsp3) is 0.273. The molecule has 3 amide bonds. The minimum Gasteiger partial charge on any atom is -0.507 e. The normalized spacial score (nSPS) is 15.8. The molecule has 170 valence electrons. The van der Waals surface area contributed by atoms with Crippen LogP contribution in [0.1, 0.15) is 24.0 Å². The lowest BCUT2D eigenvalue weighted by molar-refractivity contribution is -0.127. The summed E-state index contributed by atoms with van der Waals surface area (Å²) in [5, 5.41) is 25.3. The third kappa shape index (κ3) is 5.37. The lowest BCUT2D eigenvalue weighted by Crippen LogP contribution is -2.33. The van der Waals surface area contributed by atoms with Crippen LogP contribution in [-0.4, -0.2) is 59.5 Å². The zero-order valence-corrected chi connectivity index (χ0v) is 18.6. The van der Waals surface area contributed by atoms with Gasteiger partial charge in [0, 0.05) is 24.7 Å². The van der Waals surface area contributed by atoms with Crippen LogP contribution in [0.25, 0.3) is 11.4 Å². The van der Waals surface area contributed by atoms with Crippen LogP contribution in [0.5, 0.6) is 5.75 Å². The molecule has 1 aliphatic heterocycles. The molecule has 1 unspecified atom stereocenters.